The standard InChI is InChI=1S/C14H13F2N3O2/c1-19-6-9(13(18-19)7-2-3-7)17-14(21)8-4-5-10(20)12(16)11(8)15/h4-7,20H,2-3H2,1H3,(H,17,21). The Morgan fingerprint density at radius 1 is 1.38 bits per heavy atom. The van der Waals surface area contributed by atoms with Crippen molar-refractivity contribution in [3.05, 3.63) is 41.2 Å². The third-order valence-corrected chi connectivity index (χ3v) is 3.38. The second-order valence-corrected chi connectivity index (χ2v) is 5.09. The largest absolute Gasteiger partial charge is 0.505 e. The Hall–Kier alpha value is -2.44. The Bertz CT molecular complexity index is 723. The topological polar surface area (TPSA) is 67.2 Å². The van der Waals surface area contributed by atoms with Gasteiger partial charge in [-0.05, 0) is 25.0 Å². The maximum atomic E-state index is 13.7. The van der Waals surface area contributed by atoms with Crippen molar-refractivity contribution >= 4 is 11.6 Å². The molecule has 0 unspecified atom stereocenters. The van der Waals surface area contributed by atoms with Crippen LogP contribution in [0.3, 0.4) is 0 Å². The summed E-state index contributed by atoms with van der Waals surface area (Å²) in [6.45, 7) is 0. The van der Waals surface area contributed by atoms with Crippen LogP contribution in [-0.2, 0) is 7.05 Å². The SMILES string of the molecule is Cn1cc(NC(=O)c2ccc(O)c(F)c2F)c(C2CC2)n1. The summed E-state index contributed by atoms with van der Waals surface area (Å²) >= 11 is 0. The van der Waals surface area contributed by atoms with Gasteiger partial charge in [0.2, 0.25) is 5.82 Å². The molecule has 2 N–H and O–H groups in total. The Morgan fingerprint density at radius 3 is 2.76 bits per heavy atom. The van der Waals surface area contributed by atoms with Crippen LogP contribution in [0.15, 0.2) is 18.3 Å². The Kier molecular flexibility index (Phi) is 3.12. The predicted molar refractivity (Wildman–Crippen MR) is 71.2 cm³/mol. The molecule has 0 bridgehead atoms. The zero-order chi connectivity index (χ0) is 15.1. The molecule has 0 spiro atoms. The van der Waals surface area contributed by atoms with Crippen molar-refractivity contribution in [1.82, 2.24) is 9.78 Å². The van der Waals surface area contributed by atoms with Crippen molar-refractivity contribution in [3.8, 4) is 5.75 Å². The molecule has 1 aliphatic carbocycles. The van der Waals surface area contributed by atoms with E-state index in [4.69, 9.17) is 5.11 Å². The number of aromatic hydroxyl groups is 1. The molecule has 1 heterocycles. The van der Waals surface area contributed by atoms with Crippen molar-refractivity contribution in [1.29, 1.82) is 0 Å². The molecule has 21 heavy (non-hydrogen) atoms. The normalized spacial score (nSPS) is 14.2. The minimum Gasteiger partial charge on any atom is -0.505 e. The van der Waals surface area contributed by atoms with E-state index in [0.717, 1.165) is 30.7 Å². The third kappa shape index (κ3) is 2.46. The van der Waals surface area contributed by atoms with Gasteiger partial charge in [-0.15, -0.1) is 0 Å². The lowest BCUT2D eigenvalue weighted by atomic mass is 10.1. The summed E-state index contributed by atoms with van der Waals surface area (Å²) in [6, 6.07) is 1.98. The van der Waals surface area contributed by atoms with Gasteiger partial charge in [-0.2, -0.15) is 9.49 Å². The highest BCUT2D eigenvalue weighted by Crippen LogP contribution is 2.42. The second kappa shape index (κ2) is 4.83. The van der Waals surface area contributed by atoms with Crippen molar-refractivity contribution in [3.63, 3.8) is 0 Å². The van der Waals surface area contributed by atoms with Gasteiger partial charge in [0.05, 0.1) is 16.9 Å². The molecule has 1 amide bonds. The second-order valence-electron chi connectivity index (χ2n) is 5.09. The zero-order valence-electron chi connectivity index (χ0n) is 11.2. The van der Waals surface area contributed by atoms with Crippen LogP contribution >= 0.6 is 0 Å². The van der Waals surface area contributed by atoms with Crippen LogP contribution < -0.4 is 5.32 Å². The van der Waals surface area contributed by atoms with Gasteiger partial charge in [0.1, 0.15) is 0 Å². The molecule has 0 atom stereocenters. The van der Waals surface area contributed by atoms with Crippen LogP contribution in [0, 0.1) is 11.6 Å². The van der Waals surface area contributed by atoms with Gasteiger partial charge in [0.15, 0.2) is 11.6 Å². The van der Waals surface area contributed by atoms with E-state index in [9.17, 15) is 13.6 Å². The summed E-state index contributed by atoms with van der Waals surface area (Å²) in [6.07, 6.45) is 3.63. The van der Waals surface area contributed by atoms with E-state index < -0.39 is 28.9 Å². The average molecular weight is 293 g/mol. The maximum absolute atomic E-state index is 13.7. The summed E-state index contributed by atoms with van der Waals surface area (Å²) < 4.78 is 28.5. The lowest BCUT2D eigenvalue weighted by Gasteiger charge is -2.07. The molecular formula is C14H13F2N3O2. The van der Waals surface area contributed by atoms with Gasteiger partial charge in [0.25, 0.3) is 5.91 Å². The van der Waals surface area contributed by atoms with E-state index in [1.54, 1.807) is 17.9 Å². The number of hydrogen-bond acceptors (Lipinski definition) is 3. The number of aryl methyl sites for hydroxylation is 1. The first kappa shape index (κ1) is 13.5. The fourth-order valence-corrected chi connectivity index (χ4v) is 2.16. The fourth-order valence-electron chi connectivity index (χ4n) is 2.16. The molecule has 110 valence electrons. The number of rotatable bonds is 3. The molecular weight excluding hydrogens is 280 g/mol. The fraction of sp³-hybridized carbons (Fsp3) is 0.286. The number of benzene rings is 1. The van der Waals surface area contributed by atoms with Crippen LogP contribution in [0.5, 0.6) is 5.75 Å². The van der Waals surface area contributed by atoms with Crippen LogP contribution in [-0.4, -0.2) is 20.8 Å². The number of nitrogens with zero attached hydrogens (tertiary/aromatic N) is 2. The summed E-state index contributed by atoms with van der Waals surface area (Å²) in [7, 11) is 1.72. The summed E-state index contributed by atoms with van der Waals surface area (Å²) in [5.41, 5.74) is 0.791. The zero-order valence-corrected chi connectivity index (χ0v) is 11.2. The number of amides is 1. The minimum absolute atomic E-state index is 0.308. The minimum atomic E-state index is -1.43. The van der Waals surface area contributed by atoms with Crippen LogP contribution in [0.25, 0.3) is 0 Å². The quantitative estimate of drug-likeness (QED) is 0.914. The maximum Gasteiger partial charge on any atom is 0.258 e. The van der Waals surface area contributed by atoms with E-state index in [-0.39, 0.29) is 0 Å². The smallest absolute Gasteiger partial charge is 0.258 e. The molecule has 1 aliphatic rings. The van der Waals surface area contributed by atoms with E-state index in [1.807, 2.05) is 0 Å². The monoisotopic (exact) mass is 293 g/mol. The first-order valence-electron chi connectivity index (χ1n) is 6.49. The van der Waals surface area contributed by atoms with Crippen molar-refractivity contribution in [2.24, 2.45) is 7.05 Å². The molecule has 1 saturated carbocycles. The van der Waals surface area contributed by atoms with Crippen LogP contribution in [0.4, 0.5) is 14.5 Å². The molecule has 7 heteroatoms. The molecule has 0 radical (unpaired) electrons. The molecule has 0 saturated heterocycles. The number of anilines is 1. The van der Waals surface area contributed by atoms with E-state index >= 15 is 0 Å². The number of carbonyl (C=O) groups excluding carboxylic acids is 1. The van der Waals surface area contributed by atoms with Gasteiger partial charge < -0.3 is 10.4 Å². The Morgan fingerprint density at radius 2 is 2.10 bits per heavy atom. The van der Waals surface area contributed by atoms with Crippen molar-refractivity contribution in [2.75, 3.05) is 5.32 Å². The van der Waals surface area contributed by atoms with Gasteiger partial charge in [0, 0.05) is 19.2 Å². The van der Waals surface area contributed by atoms with E-state index in [2.05, 4.69) is 10.4 Å². The number of phenols is 1. The van der Waals surface area contributed by atoms with E-state index in [1.165, 1.54) is 0 Å². The molecule has 1 aromatic heterocycles. The highest BCUT2D eigenvalue weighted by atomic mass is 19.2. The Labute approximate surface area is 119 Å². The highest BCUT2D eigenvalue weighted by molar-refractivity contribution is 6.04. The van der Waals surface area contributed by atoms with Gasteiger partial charge in [-0.3, -0.25) is 9.48 Å². The molecule has 5 nitrogen and oxygen atoms in total. The molecule has 3 rings (SSSR count). The number of carbonyl (C=O) groups is 1. The van der Waals surface area contributed by atoms with Crippen LogP contribution in [0.1, 0.15) is 34.8 Å². The summed E-state index contributed by atoms with van der Waals surface area (Å²) in [5, 5.41) is 15.9. The molecule has 0 aliphatic heterocycles. The number of aromatic nitrogens is 2. The first-order chi connectivity index (χ1) is 9.97. The third-order valence-electron chi connectivity index (χ3n) is 3.38. The molecule has 1 fully saturated rings. The number of phenolic OH excluding ortho intramolecular Hbond substituents is 1. The molecule has 1 aromatic carbocycles. The van der Waals surface area contributed by atoms with Crippen LogP contribution in [0.2, 0.25) is 0 Å². The predicted octanol–water partition coefficient (Wildman–Crippen LogP) is 2.53. The number of halogens is 2. The van der Waals surface area contributed by atoms with Gasteiger partial charge in [-0.25, -0.2) is 4.39 Å². The average Bonchev–Trinajstić information content (AvgIpc) is 3.21. The van der Waals surface area contributed by atoms with Crippen molar-refractivity contribution < 1.29 is 18.7 Å². The van der Waals surface area contributed by atoms with Gasteiger partial charge in [-0.1, -0.05) is 0 Å². The highest BCUT2D eigenvalue weighted by Gasteiger charge is 2.30. The molecule has 2 aromatic rings. The van der Waals surface area contributed by atoms with Crippen molar-refractivity contribution in [2.45, 2.75) is 18.8 Å². The van der Waals surface area contributed by atoms with E-state index in [0.29, 0.717) is 11.6 Å². The Balaban J connectivity index is 1.89. The summed E-state index contributed by atoms with van der Waals surface area (Å²) in [5.74, 6) is -4.10. The number of hydrogen-bond donors (Lipinski definition) is 2. The first-order valence-corrected chi connectivity index (χ1v) is 6.49. The lowest BCUT2D eigenvalue weighted by Crippen LogP contribution is -2.15. The van der Waals surface area contributed by atoms with Gasteiger partial charge >= 0.3 is 0 Å². The lowest BCUT2D eigenvalue weighted by molar-refractivity contribution is 0.102. The summed E-state index contributed by atoms with van der Waals surface area (Å²) in [4.78, 5) is 12.1. The number of nitrogens with one attached hydrogen (secondary N) is 1.